The van der Waals surface area contributed by atoms with Crippen molar-refractivity contribution in [1.29, 1.82) is 0 Å². The average Bonchev–Trinajstić information content (AvgIpc) is 2.26. The monoisotopic (exact) mass is 225 g/mol. The summed E-state index contributed by atoms with van der Waals surface area (Å²) in [6, 6.07) is 0.749. The Labute approximate surface area is 102 Å². The molecular weight excluding hydrogens is 194 g/mol. The van der Waals surface area contributed by atoms with Crippen LogP contribution in [0.5, 0.6) is 0 Å². The number of hydrogen-bond donors (Lipinski definition) is 1. The molecule has 1 heteroatoms. The van der Waals surface area contributed by atoms with Crippen molar-refractivity contribution in [2.75, 3.05) is 6.54 Å². The van der Waals surface area contributed by atoms with Crippen molar-refractivity contribution in [2.45, 2.75) is 78.7 Å². The molecule has 0 spiro atoms. The number of hydrogen-bond acceptors (Lipinski definition) is 1. The zero-order chi connectivity index (χ0) is 12.0. The largest absolute Gasteiger partial charge is 0.313 e. The maximum atomic E-state index is 3.83. The van der Waals surface area contributed by atoms with E-state index in [0.717, 1.165) is 12.0 Å². The van der Waals surface area contributed by atoms with Gasteiger partial charge in [-0.15, -0.1) is 0 Å². The lowest BCUT2D eigenvalue weighted by atomic mass is 9.67. The van der Waals surface area contributed by atoms with Gasteiger partial charge in [0, 0.05) is 12.6 Å². The molecule has 0 radical (unpaired) electrons. The van der Waals surface area contributed by atoms with E-state index in [0.29, 0.717) is 5.41 Å². The minimum Gasteiger partial charge on any atom is -0.313 e. The van der Waals surface area contributed by atoms with Crippen LogP contribution in [0.2, 0.25) is 0 Å². The van der Waals surface area contributed by atoms with Gasteiger partial charge in [0.05, 0.1) is 0 Å². The number of nitrogens with one attached hydrogen (secondary N) is 1. The molecule has 0 bridgehead atoms. The maximum absolute atomic E-state index is 3.83. The molecule has 0 heterocycles. The van der Waals surface area contributed by atoms with Crippen molar-refractivity contribution in [2.24, 2.45) is 11.3 Å². The van der Waals surface area contributed by atoms with E-state index in [2.05, 4.69) is 33.0 Å². The van der Waals surface area contributed by atoms with Crippen LogP contribution >= 0.6 is 0 Å². The van der Waals surface area contributed by atoms with Crippen molar-refractivity contribution in [3.05, 3.63) is 0 Å². The highest BCUT2D eigenvalue weighted by Gasteiger charge is 2.34. The fourth-order valence-electron chi connectivity index (χ4n) is 2.74. The van der Waals surface area contributed by atoms with Crippen molar-refractivity contribution >= 4 is 0 Å². The standard InChI is InChI=1S/C15H31N/c1-5-13(4)11-14(6-2)16-12-15(7-3)9-8-10-15/h13-14,16H,5-12H2,1-4H3. The average molecular weight is 225 g/mol. The van der Waals surface area contributed by atoms with E-state index in [-0.39, 0.29) is 0 Å². The van der Waals surface area contributed by atoms with E-state index < -0.39 is 0 Å². The lowest BCUT2D eigenvalue weighted by molar-refractivity contribution is 0.116. The summed E-state index contributed by atoms with van der Waals surface area (Å²) >= 11 is 0. The van der Waals surface area contributed by atoms with Crippen LogP contribution < -0.4 is 5.32 Å². The molecule has 0 aromatic carbocycles. The summed E-state index contributed by atoms with van der Waals surface area (Å²) in [4.78, 5) is 0. The molecule has 2 atom stereocenters. The third kappa shape index (κ3) is 3.76. The van der Waals surface area contributed by atoms with Crippen molar-refractivity contribution in [1.82, 2.24) is 5.32 Å². The topological polar surface area (TPSA) is 12.0 Å². The number of rotatable bonds is 8. The molecule has 0 saturated heterocycles. The van der Waals surface area contributed by atoms with Crippen LogP contribution in [0.25, 0.3) is 0 Å². The van der Waals surface area contributed by atoms with Crippen LogP contribution in [0.4, 0.5) is 0 Å². The molecule has 2 unspecified atom stereocenters. The summed E-state index contributed by atoms with van der Waals surface area (Å²) in [7, 11) is 0. The van der Waals surface area contributed by atoms with Crippen LogP contribution in [0.15, 0.2) is 0 Å². The Balaban J connectivity index is 2.27. The first-order valence-electron chi connectivity index (χ1n) is 7.39. The molecule has 16 heavy (non-hydrogen) atoms. The molecule has 0 aromatic rings. The van der Waals surface area contributed by atoms with Crippen LogP contribution in [-0.4, -0.2) is 12.6 Å². The molecule has 1 saturated carbocycles. The van der Waals surface area contributed by atoms with Crippen LogP contribution in [0.3, 0.4) is 0 Å². The molecule has 0 aromatic heterocycles. The van der Waals surface area contributed by atoms with E-state index in [1.165, 1.54) is 51.5 Å². The van der Waals surface area contributed by atoms with Crippen molar-refractivity contribution in [3.8, 4) is 0 Å². The Kier molecular flexibility index (Phi) is 5.82. The first kappa shape index (κ1) is 14.0. The predicted octanol–water partition coefficient (Wildman–Crippen LogP) is 4.37. The zero-order valence-corrected chi connectivity index (χ0v) is 11.8. The Morgan fingerprint density at radius 2 is 1.81 bits per heavy atom. The molecule has 96 valence electrons. The van der Waals surface area contributed by atoms with Crippen LogP contribution in [-0.2, 0) is 0 Å². The molecule has 1 N–H and O–H groups in total. The summed E-state index contributed by atoms with van der Waals surface area (Å²) in [5, 5.41) is 3.83. The van der Waals surface area contributed by atoms with Crippen molar-refractivity contribution < 1.29 is 0 Å². The van der Waals surface area contributed by atoms with Gasteiger partial charge in [0.25, 0.3) is 0 Å². The summed E-state index contributed by atoms with van der Waals surface area (Å²) in [6.07, 6.45) is 9.68. The fourth-order valence-corrected chi connectivity index (χ4v) is 2.74. The molecule has 1 aliphatic carbocycles. The van der Waals surface area contributed by atoms with Gasteiger partial charge in [0.2, 0.25) is 0 Å². The van der Waals surface area contributed by atoms with E-state index in [9.17, 15) is 0 Å². The smallest absolute Gasteiger partial charge is 0.00672 e. The SMILES string of the molecule is CCC(C)CC(CC)NCC1(CC)CCC1. The molecule has 0 aliphatic heterocycles. The van der Waals surface area contributed by atoms with Crippen LogP contribution in [0.1, 0.15) is 72.6 Å². The highest BCUT2D eigenvalue weighted by atomic mass is 14.9. The molecular formula is C15H31N. The van der Waals surface area contributed by atoms with Gasteiger partial charge < -0.3 is 5.32 Å². The second-order valence-corrected chi connectivity index (χ2v) is 5.94. The van der Waals surface area contributed by atoms with Gasteiger partial charge >= 0.3 is 0 Å². The van der Waals surface area contributed by atoms with Gasteiger partial charge in [-0.2, -0.15) is 0 Å². The first-order valence-corrected chi connectivity index (χ1v) is 7.39. The lowest BCUT2D eigenvalue weighted by Crippen LogP contribution is -2.43. The van der Waals surface area contributed by atoms with Crippen LogP contribution in [0, 0.1) is 11.3 Å². The third-order valence-corrected chi connectivity index (χ3v) is 4.81. The Bertz CT molecular complexity index is 178. The van der Waals surface area contributed by atoms with Gasteiger partial charge in [-0.25, -0.2) is 0 Å². The van der Waals surface area contributed by atoms with E-state index in [4.69, 9.17) is 0 Å². The summed E-state index contributed by atoms with van der Waals surface area (Å²) in [5.41, 5.74) is 0.670. The minimum absolute atomic E-state index is 0.670. The van der Waals surface area contributed by atoms with Crippen molar-refractivity contribution in [3.63, 3.8) is 0 Å². The quantitative estimate of drug-likeness (QED) is 0.647. The molecule has 1 fully saturated rings. The lowest BCUT2D eigenvalue weighted by Gasteiger charge is -2.42. The normalized spacial score (nSPS) is 22.5. The molecule has 1 nitrogen and oxygen atoms in total. The maximum Gasteiger partial charge on any atom is 0.00672 e. The summed E-state index contributed by atoms with van der Waals surface area (Å²) in [5.74, 6) is 0.872. The Hall–Kier alpha value is -0.0400. The van der Waals surface area contributed by atoms with E-state index in [1.807, 2.05) is 0 Å². The highest BCUT2D eigenvalue weighted by Crippen LogP contribution is 2.43. The van der Waals surface area contributed by atoms with Gasteiger partial charge in [-0.3, -0.25) is 0 Å². The van der Waals surface area contributed by atoms with Gasteiger partial charge in [0.1, 0.15) is 0 Å². The van der Waals surface area contributed by atoms with Gasteiger partial charge in [0.15, 0.2) is 0 Å². The summed E-state index contributed by atoms with van der Waals surface area (Å²) < 4.78 is 0. The molecule has 1 aliphatic rings. The molecule has 0 amide bonds. The Morgan fingerprint density at radius 3 is 2.19 bits per heavy atom. The second-order valence-electron chi connectivity index (χ2n) is 5.94. The predicted molar refractivity (Wildman–Crippen MR) is 72.7 cm³/mol. The summed E-state index contributed by atoms with van der Waals surface area (Å²) in [6.45, 7) is 10.6. The Morgan fingerprint density at radius 1 is 1.12 bits per heavy atom. The van der Waals surface area contributed by atoms with Gasteiger partial charge in [-0.1, -0.05) is 40.5 Å². The fraction of sp³-hybridized carbons (Fsp3) is 1.00. The van der Waals surface area contributed by atoms with E-state index in [1.54, 1.807) is 0 Å². The second kappa shape index (κ2) is 6.64. The highest BCUT2D eigenvalue weighted by molar-refractivity contribution is 4.89. The van der Waals surface area contributed by atoms with E-state index >= 15 is 0 Å². The third-order valence-electron chi connectivity index (χ3n) is 4.81. The zero-order valence-electron chi connectivity index (χ0n) is 11.8. The molecule has 1 rings (SSSR count). The first-order chi connectivity index (χ1) is 7.65. The van der Waals surface area contributed by atoms with Gasteiger partial charge in [-0.05, 0) is 43.4 Å². The minimum atomic E-state index is 0.670.